The Labute approximate surface area is 159 Å². The fourth-order valence-electron chi connectivity index (χ4n) is 3.73. The maximum absolute atomic E-state index is 5.42. The fourth-order valence-corrected chi connectivity index (χ4v) is 3.73. The van der Waals surface area contributed by atoms with E-state index in [-0.39, 0.29) is 0 Å². The SMILES string of the molecule is COc1ccc(-c2ccc3nc(NC4CCCCC4)ncc3c2)cc1OC. The predicted octanol–water partition coefficient (Wildman–Crippen LogP) is 5.06. The van der Waals surface area contributed by atoms with Crippen LogP contribution in [0.15, 0.2) is 42.6 Å². The van der Waals surface area contributed by atoms with Crippen LogP contribution in [0.1, 0.15) is 32.1 Å². The molecule has 0 aliphatic heterocycles. The van der Waals surface area contributed by atoms with Crippen molar-refractivity contribution in [1.82, 2.24) is 9.97 Å². The Kier molecular flexibility index (Phi) is 5.10. The van der Waals surface area contributed by atoms with E-state index in [4.69, 9.17) is 14.5 Å². The van der Waals surface area contributed by atoms with Gasteiger partial charge in [0.15, 0.2) is 11.5 Å². The second kappa shape index (κ2) is 7.82. The van der Waals surface area contributed by atoms with E-state index in [2.05, 4.69) is 28.5 Å². The molecule has 5 nitrogen and oxygen atoms in total. The molecule has 0 amide bonds. The summed E-state index contributed by atoms with van der Waals surface area (Å²) in [5.74, 6) is 2.18. The van der Waals surface area contributed by atoms with Crippen LogP contribution in [-0.2, 0) is 0 Å². The average Bonchev–Trinajstić information content (AvgIpc) is 2.73. The minimum Gasteiger partial charge on any atom is -0.493 e. The molecule has 1 aromatic heterocycles. The summed E-state index contributed by atoms with van der Waals surface area (Å²) in [4.78, 5) is 9.23. The van der Waals surface area contributed by atoms with E-state index in [9.17, 15) is 0 Å². The van der Waals surface area contributed by atoms with Crippen molar-refractivity contribution >= 4 is 16.9 Å². The third-order valence-electron chi connectivity index (χ3n) is 5.24. The summed E-state index contributed by atoms with van der Waals surface area (Å²) in [5.41, 5.74) is 3.12. The number of fused-ring (bicyclic) bond motifs is 1. The molecule has 0 spiro atoms. The molecule has 3 aromatic rings. The molecule has 140 valence electrons. The zero-order valence-corrected chi connectivity index (χ0v) is 15.9. The highest BCUT2D eigenvalue weighted by Crippen LogP contribution is 2.33. The zero-order valence-electron chi connectivity index (χ0n) is 15.9. The van der Waals surface area contributed by atoms with Gasteiger partial charge in [0.25, 0.3) is 0 Å². The van der Waals surface area contributed by atoms with Gasteiger partial charge in [-0.2, -0.15) is 0 Å². The first-order valence-electron chi connectivity index (χ1n) is 9.52. The van der Waals surface area contributed by atoms with Crippen LogP contribution in [0.3, 0.4) is 0 Å². The van der Waals surface area contributed by atoms with E-state index < -0.39 is 0 Å². The van der Waals surface area contributed by atoms with Gasteiger partial charge in [0.1, 0.15) is 0 Å². The van der Waals surface area contributed by atoms with Gasteiger partial charge in [0.05, 0.1) is 19.7 Å². The molecule has 27 heavy (non-hydrogen) atoms. The molecule has 1 aliphatic rings. The van der Waals surface area contributed by atoms with Crippen LogP contribution in [0.5, 0.6) is 11.5 Å². The van der Waals surface area contributed by atoms with Crippen molar-refractivity contribution in [2.45, 2.75) is 38.1 Å². The largest absolute Gasteiger partial charge is 0.493 e. The smallest absolute Gasteiger partial charge is 0.223 e. The number of ether oxygens (including phenoxy) is 2. The fraction of sp³-hybridized carbons (Fsp3) is 0.364. The van der Waals surface area contributed by atoms with Crippen LogP contribution in [0.2, 0.25) is 0 Å². The van der Waals surface area contributed by atoms with E-state index in [1.54, 1.807) is 14.2 Å². The van der Waals surface area contributed by atoms with Gasteiger partial charge in [0, 0.05) is 17.6 Å². The molecule has 1 aliphatic carbocycles. The van der Waals surface area contributed by atoms with Gasteiger partial charge in [-0.05, 0) is 48.2 Å². The molecule has 4 rings (SSSR count). The number of nitrogens with zero attached hydrogens (tertiary/aromatic N) is 2. The Morgan fingerprint density at radius 3 is 2.41 bits per heavy atom. The highest BCUT2D eigenvalue weighted by molar-refractivity contribution is 5.85. The summed E-state index contributed by atoms with van der Waals surface area (Å²) in [5, 5.41) is 4.52. The van der Waals surface area contributed by atoms with Crippen LogP contribution in [0, 0.1) is 0 Å². The third kappa shape index (κ3) is 3.82. The first-order chi connectivity index (χ1) is 13.3. The molecule has 1 heterocycles. The topological polar surface area (TPSA) is 56.3 Å². The van der Waals surface area contributed by atoms with Crippen molar-refractivity contribution in [3.05, 3.63) is 42.6 Å². The average molecular weight is 363 g/mol. The Morgan fingerprint density at radius 2 is 1.63 bits per heavy atom. The van der Waals surface area contributed by atoms with Crippen molar-refractivity contribution in [2.75, 3.05) is 19.5 Å². The molecular weight excluding hydrogens is 338 g/mol. The number of aromatic nitrogens is 2. The van der Waals surface area contributed by atoms with E-state index in [1.165, 1.54) is 32.1 Å². The minimum absolute atomic E-state index is 0.502. The Morgan fingerprint density at radius 1 is 0.889 bits per heavy atom. The second-order valence-electron chi connectivity index (χ2n) is 7.02. The maximum Gasteiger partial charge on any atom is 0.223 e. The van der Waals surface area contributed by atoms with Crippen LogP contribution in [0.4, 0.5) is 5.95 Å². The molecule has 5 heteroatoms. The predicted molar refractivity (Wildman–Crippen MR) is 109 cm³/mol. The molecule has 0 radical (unpaired) electrons. The minimum atomic E-state index is 0.502. The molecule has 0 atom stereocenters. The Bertz CT molecular complexity index is 936. The number of hydrogen-bond donors (Lipinski definition) is 1. The normalized spacial score (nSPS) is 14.9. The van der Waals surface area contributed by atoms with E-state index >= 15 is 0 Å². The van der Waals surface area contributed by atoms with Gasteiger partial charge in [0.2, 0.25) is 5.95 Å². The molecule has 1 fully saturated rings. The van der Waals surface area contributed by atoms with Crippen LogP contribution in [-0.4, -0.2) is 30.2 Å². The number of anilines is 1. The lowest BCUT2D eigenvalue weighted by Gasteiger charge is -2.22. The van der Waals surface area contributed by atoms with Crippen LogP contribution in [0.25, 0.3) is 22.0 Å². The molecule has 1 N–H and O–H groups in total. The van der Waals surface area contributed by atoms with Gasteiger partial charge in [-0.1, -0.05) is 31.4 Å². The number of hydrogen-bond acceptors (Lipinski definition) is 5. The van der Waals surface area contributed by atoms with E-state index in [0.717, 1.165) is 39.5 Å². The first kappa shape index (κ1) is 17.6. The summed E-state index contributed by atoms with van der Waals surface area (Å²) in [6.45, 7) is 0. The molecule has 0 bridgehead atoms. The summed E-state index contributed by atoms with van der Waals surface area (Å²) >= 11 is 0. The lowest BCUT2D eigenvalue weighted by Crippen LogP contribution is -2.23. The molecular formula is C22H25N3O2. The summed E-state index contributed by atoms with van der Waals surface area (Å²) < 4.78 is 10.7. The highest BCUT2D eigenvalue weighted by atomic mass is 16.5. The van der Waals surface area contributed by atoms with Crippen molar-refractivity contribution < 1.29 is 9.47 Å². The summed E-state index contributed by atoms with van der Waals surface area (Å²) in [6.07, 6.45) is 8.24. The maximum atomic E-state index is 5.42. The highest BCUT2D eigenvalue weighted by Gasteiger charge is 2.14. The van der Waals surface area contributed by atoms with Crippen LogP contribution >= 0.6 is 0 Å². The molecule has 0 unspecified atom stereocenters. The van der Waals surface area contributed by atoms with Crippen LogP contribution < -0.4 is 14.8 Å². The molecule has 2 aromatic carbocycles. The lowest BCUT2D eigenvalue weighted by atomic mass is 9.96. The quantitative estimate of drug-likeness (QED) is 0.687. The monoisotopic (exact) mass is 363 g/mol. The third-order valence-corrected chi connectivity index (χ3v) is 5.24. The van der Waals surface area contributed by atoms with Gasteiger partial charge in [-0.3, -0.25) is 0 Å². The number of rotatable bonds is 5. The Hall–Kier alpha value is -2.82. The van der Waals surface area contributed by atoms with E-state index in [1.807, 2.05) is 24.4 Å². The number of methoxy groups -OCH3 is 2. The van der Waals surface area contributed by atoms with Gasteiger partial charge < -0.3 is 14.8 Å². The molecule has 0 saturated heterocycles. The number of benzene rings is 2. The summed E-state index contributed by atoms with van der Waals surface area (Å²) in [6, 6.07) is 12.7. The second-order valence-corrected chi connectivity index (χ2v) is 7.02. The van der Waals surface area contributed by atoms with Gasteiger partial charge in [-0.15, -0.1) is 0 Å². The van der Waals surface area contributed by atoms with Crippen molar-refractivity contribution in [3.8, 4) is 22.6 Å². The molecule has 1 saturated carbocycles. The van der Waals surface area contributed by atoms with Crippen molar-refractivity contribution in [2.24, 2.45) is 0 Å². The number of nitrogens with one attached hydrogen (secondary N) is 1. The lowest BCUT2D eigenvalue weighted by molar-refractivity contribution is 0.355. The zero-order chi connectivity index (χ0) is 18.6. The first-order valence-corrected chi connectivity index (χ1v) is 9.52. The van der Waals surface area contributed by atoms with E-state index in [0.29, 0.717) is 6.04 Å². The van der Waals surface area contributed by atoms with Crippen molar-refractivity contribution in [3.63, 3.8) is 0 Å². The van der Waals surface area contributed by atoms with Gasteiger partial charge in [-0.25, -0.2) is 9.97 Å². The summed E-state index contributed by atoms with van der Waals surface area (Å²) in [7, 11) is 3.29. The Balaban J connectivity index is 1.60. The van der Waals surface area contributed by atoms with Crippen molar-refractivity contribution in [1.29, 1.82) is 0 Å². The standard InChI is InChI=1S/C22H25N3O2/c1-26-20-11-9-16(13-21(20)27-2)15-8-10-19-17(12-15)14-23-22(25-19)24-18-6-4-3-5-7-18/h8-14,18H,3-7H2,1-2H3,(H,23,24,25). The van der Waals surface area contributed by atoms with Gasteiger partial charge >= 0.3 is 0 Å².